The molecule has 4 aromatic rings. The minimum Gasteiger partial charge on any atom is -0.364 e. The van der Waals surface area contributed by atoms with E-state index in [-0.39, 0.29) is 6.04 Å². The lowest BCUT2D eigenvalue weighted by Gasteiger charge is -2.26. The molecular weight excluding hydrogens is 328 g/mol. The van der Waals surface area contributed by atoms with Gasteiger partial charge in [0.25, 0.3) is 0 Å². The summed E-state index contributed by atoms with van der Waals surface area (Å²) < 4.78 is 4.02. The zero-order valence-corrected chi connectivity index (χ0v) is 14.2. The highest BCUT2D eigenvalue weighted by Gasteiger charge is 2.23. The van der Waals surface area contributed by atoms with Gasteiger partial charge in [-0.05, 0) is 12.0 Å². The molecule has 1 atom stereocenters. The number of aryl methyl sites for hydroxylation is 1. The minimum absolute atomic E-state index is 0.268. The van der Waals surface area contributed by atoms with Crippen LogP contribution in [0.4, 0.5) is 5.82 Å². The fraction of sp³-hybridized carbons (Fsp3) is 0.278. The SMILES string of the molecule is c1ccc(Cc2nnc3n2CC(Nc2cncc4ncnn24)CC3)cc1. The minimum atomic E-state index is 0.268. The molecule has 8 heteroatoms. The fourth-order valence-corrected chi connectivity index (χ4v) is 3.47. The quantitative estimate of drug-likeness (QED) is 0.606. The third-order valence-electron chi connectivity index (χ3n) is 4.77. The van der Waals surface area contributed by atoms with Crippen LogP contribution in [0.5, 0.6) is 0 Å². The lowest BCUT2D eigenvalue weighted by Crippen LogP contribution is -2.33. The van der Waals surface area contributed by atoms with Gasteiger partial charge in [-0.15, -0.1) is 10.2 Å². The molecule has 0 saturated carbocycles. The molecule has 0 bridgehead atoms. The lowest BCUT2D eigenvalue weighted by atomic mass is 10.1. The second-order valence-electron chi connectivity index (χ2n) is 6.51. The van der Waals surface area contributed by atoms with Crippen LogP contribution in [0.3, 0.4) is 0 Å². The van der Waals surface area contributed by atoms with Gasteiger partial charge >= 0.3 is 0 Å². The Morgan fingerprint density at radius 3 is 2.96 bits per heavy atom. The predicted molar refractivity (Wildman–Crippen MR) is 95.8 cm³/mol. The number of hydrogen-bond acceptors (Lipinski definition) is 6. The first-order valence-corrected chi connectivity index (χ1v) is 8.72. The maximum atomic E-state index is 4.42. The number of rotatable bonds is 4. The molecule has 26 heavy (non-hydrogen) atoms. The number of hydrogen-bond donors (Lipinski definition) is 1. The van der Waals surface area contributed by atoms with Crippen LogP contribution in [0.1, 0.15) is 23.6 Å². The smallest absolute Gasteiger partial charge is 0.175 e. The molecule has 1 aliphatic rings. The maximum Gasteiger partial charge on any atom is 0.175 e. The van der Waals surface area contributed by atoms with E-state index in [1.165, 1.54) is 5.56 Å². The van der Waals surface area contributed by atoms with Crippen LogP contribution in [-0.2, 0) is 19.4 Å². The molecule has 1 aromatic carbocycles. The highest BCUT2D eigenvalue weighted by Crippen LogP contribution is 2.20. The van der Waals surface area contributed by atoms with Crippen molar-refractivity contribution in [2.45, 2.75) is 31.8 Å². The molecule has 4 heterocycles. The average Bonchev–Trinajstić information content (AvgIpc) is 3.31. The van der Waals surface area contributed by atoms with Gasteiger partial charge in [0.05, 0.1) is 12.4 Å². The number of fused-ring (bicyclic) bond motifs is 2. The fourth-order valence-electron chi connectivity index (χ4n) is 3.47. The lowest BCUT2D eigenvalue weighted by molar-refractivity contribution is 0.465. The van der Waals surface area contributed by atoms with E-state index < -0.39 is 0 Å². The first-order valence-electron chi connectivity index (χ1n) is 8.72. The number of benzene rings is 1. The molecule has 0 amide bonds. The van der Waals surface area contributed by atoms with E-state index in [1.54, 1.807) is 23.2 Å². The first kappa shape index (κ1) is 15.0. The van der Waals surface area contributed by atoms with Gasteiger partial charge in [0.2, 0.25) is 0 Å². The third-order valence-corrected chi connectivity index (χ3v) is 4.77. The van der Waals surface area contributed by atoms with E-state index in [2.05, 4.69) is 59.4 Å². The van der Waals surface area contributed by atoms with Crippen LogP contribution in [0, 0.1) is 0 Å². The van der Waals surface area contributed by atoms with Crippen LogP contribution in [0.25, 0.3) is 5.65 Å². The number of nitrogens with zero attached hydrogens (tertiary/aromatic N) is 7. The number of nitrogens with one attached hydrogen (secondary N) is 1. The Bertz CT molecular complexity index is 1040. The molecule has 0 fully saturated rings. The van der Waals surface area contributed by atoms with Crippen LogP contribution in [0.15, 0.2) is 49.1 Å². The largest absolute Gasteiger partial charge is 0.364 e. The van der Waals surface area contributed by atoms with E-state index in [4.69, 9.17) is 0 Å². The van der Waals surface area contributed by atoms with Gasteiger partial charge in [-0.2, -0.15) is 9.61 Å². The van der Waals surface area contributed by atoms with Crippen molar-refractivity contribution >= 4 is 11.5 Å². The van der Waals surface area contributed by atoms with Crippen molar-refractivity contribution in [3.8, 4) is 0 Å². The molecule has 0 spiro atoms. The highest BCUT2D eigenvalue weighted by atomic mass is 15.3. The van der Waals surface area contributed by atoms with Crippen LogP contribution in [0.2, 0.25) is 0 Å². The van der Waals surface area contributed by atoms with Gasteiger partial charge in [-0.3, -0.25) is 4.98 Å². The zero-order chi connectivity index (χ0) is 17.3. The second kappa shape index (κ2) is 6.21. The summed E-state index contributed by atoms with van der Waals surface area (Å²) in [6, 6.07) is 10.7. The summed E-state index contributed by atoms with van der Waals surface area (Å²) in [5.74, 6) is 2.92. The van der Waals surface area contributed by atoms with Crippen LogP contribution < -0.4 is 5.32 Å². The topological polar surface area (TPSA) is 85.8 Å². The Morgan fingerprint density at radius 2 is 2.04 bits per heavy atom. The van der Waals surface area contributed by atoms with E-state index >= 15 is 0 Å². The second-order valence-corrected chi connectivity index (χ2v) is 6.51. The Morgan fingerprint density at radius 1 is 1.12 bits per heavy atom. The monoisotopic (exact) mass is 346 g/mol. The summed E-state index contributed by atoms with van der Waals surface area (Å²) in [5.41, 5.74) is 1.98. The Kier molecular flexibility index (Phi) is 3.59. The molecule has 0 saturated heterocycles. The van der Waals surface area contributed by atoms with Gasteiger partial charge in [0.1, 0.15) is 23.8 Å². The molecule has 1 aliphatic heterocycles. The van der Waals surface area contributed by atoms with Crippen molar-refractivity contribution in [1.29, 1.82) is 0 Å². The predicted octanol–water partition coefficient (Wildman–Crippen LogP) is 1.73. The van der Waals surface area contributed by atoms with E-state index in [0.717, 1.165) is 48.9 Å². The van der Waals surface area contributed by atoms with Gasteiger partial charge in [-0.25, -0.2) is 4.98 Å². The normalized spacial score (nSPS) is 16.5. The standard InChI is InChI=1S/C18H18N8/c1-2-4-13(5-3-1)8-16-24-23-15-7-6-14(11-25(15)16)22-18-10-19-9-17-20-12-21-26(17)18/h1-5,9-10,12,14,22H,6-8,11H2. The number of aromatic nitrogens is 7. The molecule has 3 aromatic heterocycles. The molecule has 1 N–H and O–H groups in total. The van der Waals surface area contributed by atoms with Gasteiger partial charge in [0, 0.05) is 25.4 Å². The summed E-state index contributed by atoms with van der Waals surface area (Å²) in [6.45, 7) is 0.829. The summed E-state index contributed by atoms with van der Waals surface area (Å²) in [7, 11) is 0. The Labute approximate surface area is 149 Å². The van der Waals surface area contributed by atoms with Crippen LogP contribution in [-0.4, -0.2) is 40.4 Å². The van der Waals surface area contributed by atoms with Gasteiger partial charge < -0.3 is 9.88 Å². The van der Waals surface area contributed by atoms with E-state index in [9.17, 15) is 0 Å². The van der Waals surface area contributed by atoms with Crippen molar-refractivity contribution < 1.29 is 0 Å². The van der Waals surface area contributed by atoms with E-state index in [1.807, 2.05) is 6.07 Å². The highest BCUT2D eigenvalue weighted by molar-refractivity contribution is 5.45. The van der Waals surface area contributed by atoms with Crippen molar-refractivity contribution in [2.24, 2.45) is 0 Å². The summed E-state index contributed by atoms with van der Waals surface area (Å²) in [6.07, 6.45) is 7.72. The number of anilines is 1. The first-order chi connectivity index (χ1) is 12.9. The van der Waals surface area contributed by atoms with Crippen molar-refractivity contribution in [3.05, 3.63) is 66.3 Å². The molecule has 0 aliphatic carbocycles. The van der Waals surface area contributed by atoms with Gasteiger partial charge in [0.15, 0.2) is 5.65 Å². The van der Waals surface area contributed by atoms with Crippen molar-refractivity contribution in [1.82, 2.24) is 34.3 Å². The van der Waals surface area contributed by atoms with Gasteiger partial charge in [-0.1, -0.05) is 30.3 Å². The van der Waals surface area contributed by atoms with Crippen LogP contribution >= 0.6 is 0 Å². The third kappa shape index (κ3) is 2.69. The molecule has 1 unspecified atom stereocenters. The summed E-state index contributed by atoms with van der Waals surface area (Å²) in [5, 5.41) is 16.6. The zero-order valence-electron chi connectivity index (χ0n) is 14.2. The Hall–Kier alpha value is -3.29. The molecule has 8 nitrogen and oxygen atoms in total. The molecule has 5 rings (SSSR count). The average molecular weight is 346 g/mol. The Balaban J connectivity index is 1.38. The molecule has 130 valence electrons. The van der Waals surface area contributed by atoms with E-state index in [0.29, 0.717) is 0 Å². The molecule has 0 radical (unpaired) electrons. The van der Waals surface area contributed by atoms with Crippen molar-refractivity contribution in [3.63, 3.8) is 0 Å². The molecular formula is C18H18N8. The summed E-state index contributed by atoms with van der Waals surface area (Å²) in [4.78, 5) is 8.43. The van der Waals surface area contributed by atoms with Crippen molar-refractivity contribution in [2.75, 3.05) is 5.32 Å². The maximum absolute atomic E-state index is 4.42. The summed E-state index contributed by atoms with van der Waals surface area (Å²) >= 11 is 0.